The minimum absolute atomic E-state index is 0.113. The number of aromatic nitrogens is 5. The predicted octanol–water partition coefficient (Wildman–Crippen LogP) is 3.68. The van der Waals surface area contributed by atoms with Gasteiger partial charge < -0.3 is 4.90 Å². The molecule has 2 aliphatic rings. The molecule has 0 spiro atoms. The molecule has 1 fully saturated rings. The standard InChI is InChI=1S/C21H23F3N6O/c1-12-9-17(21(22,23)24)30-18(25-12)10-16(28-30)13-5-4-8-29(11-13)20(31)19-14-6-2-3-7-15(14)26-27-19/h9-10,13H,2-8,11H2,1H3,(H,26,27)/t13-/m1/s1. The minimum atomic E-state index is -4.52. The van der Waals surface area contributed by atoms with E-state index >= 15 is 0 Å². The molecule has 1 atom stereocenters. The van der Waals surface area contributed by atoms with Gasteiger partial charge in [-0.15, -0.1) is 0 Å². The summed E-state index contributed by atoms with van der Waals surface area (Å²) in [7, 11) is 0. The maximum Gasteiger partial charge on any atom is 0.433 e. The summed E-state index contributed by atoms with van der Waals surface area (Å²) in [6.45, 7) is 2.55. The lowest BCUT2D eigenvalue weighted by molar-refractivity contribution is -0.142. The van der Waals surface area contributed by atoms with Gasteiger partial charge in [-0.25, -0.2) is 9.50 Å². The zero-order valence-electron chi connectivity index (χ0n) is 17.2. The zero-order valence-corrected chi connectivity index (χ0v) is 17.2. The van der Waals surface area contributed by atoms with E-state index in [2.05, 4.69) is 20.3 Å². The lowest BCUT2D eigenvalue weighted by Crippen LogP contribution is -2.39. The molecule has 0 aromatic carbocycles. The SMILES string of the molecule is Cc1cc(C(F)(F)F)n2nc([C@@H]3CCCN(C(=O)c4n[nH]c5c4CCCC5)C3)cc2n1. The predicted molar refractivity (Wildman–Crippen MR) is 106 cm³/mol. The molecule has 5 rings (SSSR count). The molecule has 10 heteroatoms. The highest BCUT2D eigenvalue weighted by molar-refractivity contribution is 5.94. The molecule has 164 valence electrons. The number of nitrogens with zero attached hydrogens (tertiary/aromatic N) is 5. The van der Waals surface area contributed by atoms with Crippen LogP contribution in [-0.4, -0.2) is 48.7 Å². The van der Waals surface area contributed by atoms with Crippen molar-refractivity contribution in [3.05, 3.63) is 46.2 Å². The van der Waals surface area contributed by atoms with Crippen LogP contribution in [0.25, 0.3) is 5.65 Å². The van der Waals surface area contributed by atoms with Crippen LogP contribution < -0.4 is 0 Å². The number of nitrogens with one attached hydrogen (secondary N) is 1. The fourth-order valence-electron chi connectivity index (χ4n) is 4.73. The van der Waals surface area contributed by atoms with Crippen molar-refractivity contribution < 1.29 is 18.0 Å². The maximum atomic E-state index is 13.5. The molecular weight excluding hydrogens is 409 g/mol. The number of hydrogen-bond donors (Lipinski definition) is 1. The topological polar surface area (TPSA) is 79.2 Å². The molecule has 1 aliphatic heterocycles. The Labute approximate surface area is 176 Å². The largest absolute Gasteiger partial charge is 0.433 e. The van der Waals surface area contributed by atoms with Crippen LogP contribution in [0.4, 0.5) is 13.2 Å². The molecule has 1 amide bonds. The Bertz CT molecular complexity index is 1150. The van der Waals surface area contributed by atoms with E-state index in [9.17, 15) is 18.0 Å². The van der Waals surface area contributed by atoms with Crippen LogP contribution in [0, 0.1) is 6.92 Å². The van der Waals surface area contributed by atoms with E-state index in [0.29, 0.717) is 24.5 Å². The third-order valence-electron chi connectivity index (χ3n) is 6.25. The van der Waals surface area contributed by atoms with E-state index in [1.165, 1.54) is 6.92 Å². The Morgan fingerprint density at radius 2 is 2.00 bits per heavy atom. The molecule has 4 heterocycles. The van der Waals surface area contributed by atoms with Gasteiger partial charge in [0, 0.05) is 42.0 Å². The highest BCUT2D eigenvalue weighted by Crippen LogP contribution is 2.33. The van der Waals surface area contributed by atoms with Gasteiger partial charge in [0.2, 0.25) is 0 Å². The summed E-state index contributed by atoms with van der Waals surface area (Å²) in [6, 6.07) is 2.61. The number of H-pyrrole nitrogens is 1. The Morgan fingerprint density at radius 3 is 2.81 bits per heavy atom. The number of aromatic amines is 1. The molecule has 0 saturated carbocycles. The average Bonchev–Trinajstić information content (AvgIpc) is 3.36. The van der Waals surface area contributed by atoms with Crippen LogP contribution in [0.15, 0.2) is 12.1 Å². The number of fused-ring (bicyclic) bond motifs is 2. The molecule has 0 radical (unpaired) electrons. The van der Waals surface area contributed by atoms with E-state index < -0.39 is 11.9 Å². The van der Waals surface area contributed by atoms with Gasteiger partial charge in [-0.2, -0.15) is 23.4 Å². The summed E-state index contributed by atoms with van der Waals surface area (Å²) < 4.78 is 41.3. The molecule has 1 saturated heterocycles. The van der Waals surface area contributed by atoms with Crippen LogP contribution in [0.2, 0.25) is 0 Å². The number of piperidine rings is 1. The molecule has 3 aromatic rings. The summed E-state index contributed by atoms with van der Waals surface area (Å²) in [5.74, 6) is -0.256. The molecule has 3 aromatic heterocycles. The second-order valence-corrected chi connectivity index (χ2v) is 8.45. The molecule has 1 N–H and O–H groups in total. The number of carbonyl (C=O) groups is 1. The fourth-order valence-corrected chi connectivity index (χ4v) is 4.73. The molecule has 1 aliphatic carbocycles. The van der Waals surface area contributed by atoms with Crippen LogP contribution in [0.3, 0.4) is 0 Å². The number of alkyl halides is 3. The van der Waals surface area contributed by atoms with E-state index in [0.717, 1.165) is 60.4 Å². The van der Waals surface area contributed by atoms with E-state index in [-0.39, 0.29) is 23.2 Å². The van der Waals surface area contributed by atoms with Gasteiger partial charge in [-0.05, 0) is 51.5 Å². The van der Waals surface area contributed by atoms with E-state index in [1.807, 2.05) is 0 Å². The Kier molecular flexibility index (Phi) is 4.75. The number of likely N-dealkylation sites (tertiary alicyclic amines) is 1. The lowest BCUT2D eigenvalue weighted by atomic mass is 9.93. The third kappa shape index (κ3) is 3.57. The monoisotopic (exact) mass is 432 g/mol. The number of aryl methyl sites for hydroxylation is 2. The van der Waals surface area contributed by atoms with Crippen molar-refractivity contribution in [2.45, 2.75) is 57.5 Å². The lowest BCUT2D eigenvalue weighted by Gasteiger charge is -2.31. The number of halogens is 3. The van der Waals surface area contributed by atoms with Crippen LogP contribution in [-0.2, 0) is 19.0 Å². The summed E-state index contributed by atoms with van der Waals surface area (Å²) in [5.41, 5.74) is 2.70. The van der Waals surface area contributed by atoms with Crippen molar-refractivity contribution in [2.24, 2.45) is 0 Å². The highest BCUT2D eigenvalue weighted by Gasteiger charge is 2.36. The number of carbonyl (C=O) groups excluding carboxylic acids is 1. The first kappa shape index (κ1) is 20.0. The van der Waals surface area contributed by atoms with Crippen molar-refractivity contribution in [3.8, 4) is 0 Å². The van der Waals surface area contributed by atoms with Gasteiger partial charge in [-0.1, -0.05) is 0 Å². The second-order valence-electron chi connectivity index (χ2n) is 8.45. The van der Waals surface area contributed by atoms with Crippen LogP contribution in [0.5, 0.6) is 0 Å². The van der Waals surface area contributed by atoms with Gasteiger partial charge in [0.15, 0.2) is 11.3 Å². The summed E-state index contributed by atoms with van der Waals surface area (Å²) >= 11 is 0. The molecule has 0 bridgehead atoms. The minimum Gasteiger partial charge on any atom is -0.337 e. The Balaban J connectivity index is 1.42. The van der Waals surface area contributed by atoms with Crippen molar-refractivity contribution in [3.63, 3.8) is 0 Å². The number of amides is 1. The first-order chi connectivity index (χ1) is 14.8. The summed E-state index contributed by atoms with van der Waals surface area (Å²) in [6.07, 6.45) is 0.890. The van der Waals surface area contributed by atoms with Crippen molar-refractivity contribution in [1.29, 1.82) is 0 Å². The maximum absolute atomic E-state index is 13.5. The van der Waals surface area contributed by atoms with Gasteiger partial charge in [0.1, 0.15) is 5.69 Å². The van der Waals surface area contributed by atoms with Gasteiger partial charge in [0.05, 0.1) is 5.69 Å². The number of hydrogen-bond acceptors (Lipinski definition) is 4. The smallest absolute Gasteiger partial charge is 0.337 e. The first-order valence-electron chi connectivity index (χ1n) is 10.6. The van der Waals surface area contributed by atoms with Crippen LogP contribution >= 0.6 is 0 Å². The summed E-state index contributed by atoms with van der Waals surface area (Å²) in [4.78, 5) is 19.1. The normalized spacial score (nSPS) is 19.6. The number of rotatable bonds is 2. The van der Waals surface area contributed by atoms with Crippen molar-refractivity contribution in [1.82, 2.24) is 29.7 Å². The van der Waals surface area contributed by atoms with Crippen molar-refractivity contribution >= 4 is 11.6 Å². The molecule has 31 heavy (non-hydrogen) atoms. The van der Waals surface area contributed by atoms with Crippen molar-refractivity contribution in [2.75, 3.05) is 13.1 Å². The van der Waals surface area contributed by atoms with E-state index in [4.69, 9.17) is 0 Å². The zero-order chi connectivity index (χ0) is 21.8. The van der Waals surface area contributed by atoms with Crippen LogP contribution in [0.1, 0.15) is 70.4 Å². The quantitative estimate of drug-likeness (QED) is 0.670. The highest BCUT2D eigenvalue weighted by atomic mass is 19.4. The van der Waals surface area contributed by atoms with Gasteiger partial charge in [0.25, 0.3) is 5.91 Å². The molecule has 7 nitrogen and oxygen atoms in total. The first-order valence-corrected chi connectivity index (χ1v) is 10.6. The third-order valence-corrected chi connectivity index (χ3v) is 6.25. The average molecular weight is 432 g/mol. The van der Waals surface area contributed by atoms with Gasteiger partial charge >= 0.3 is 6.18 Å². The second kappa shape index (κ2) is 7.35. The molecule has 0 unspecified atom stereocenters. The Morgan fingerprint density at radius 1 is 1.19 bits per heavy atom. The van der Waals surface area contributed by atoms with E-state index in [1.54, 1.807) is 11.0 Å². The Hall–Kier alpha value is -2.91. The summed E-state index contributed by atoms with van der Waals surface area (Å²) in [5, 5.41) is 11.5. The molecular formula is C21H23F3N6O. The van der Waals surface area contributed by atoms with Gasteiger partial charge in [-0.3, -0.25) is 9.89 Å². The fraction of sp³-hybridized carbons (Fsp3) is 0.524.